The van der Waals surface area contributed by atoms with E-state index in [0.717, 1.165) is 0 Å². The standard InChI is InChI=1S/C20H18Cl3N3O3/c21-13-3-5-16(6-4-13)25-18(27)11-24-19(28)17-2-1-7-26(17)20(29)12-8-14(22)10-15(23)9-12/h3-6,8-10,17H,1-2,7,11H2,(H,24,28)(H,25,27). The molecule has 0 saturated carbocycles. The first-order chi connectivity index (χ1) is 13.8. The van der Waals surface area contributed by atoms with Crippen molar-refractivity contribution < 1.29 is 14.4 Å². The van der Waals surface area contributed by atoms with Gasteiger partial charge in [0.05, 0.1) is 6.54 Å². The lowest BCUT2D eigenvalue weighted by Gasteiger charge is -2.24. The van der Waals surface area contributed by atoms with Crippen molar-refractivity contribution in [3.63, 3.8) is 0 Å². The molecule has 29 heavy (non-hydrogen) atoms. The third kappa shape index (κ3) is 5.63. The summed E-state index contributed by atoms with van der Waals surface area (Å²) in [6.07, 6.45) is 1.21. The fourth-order valence-electron chi connectivity index (χ4n) is 3.15. The van der Waals surface area contributed by atoms with Gasteiger partial charge < -0.3 is 15.5 Å². The molecule has 1 unspecified atom stereocenters. The summed E-state index contributed by atoms with van der Waals surface area (Å²) in [6.45, 7) is 0.237. The molecule has 0 aliphatic carbocycles. The van der Waals surface area contributed by atoms with E-state index < -0.39 is 6.04 Å². The lowest BCUT2D eigenvalue weighted by Crippen LogP contribution is -2.47. The lowest BCUT2D eigenvalue weighted by molar-refractivity contribution is -0.127. The van der Waals surface area contributed by atoms with Crippen LogP contribution in [0.15, 0.2) is 42.5 Å². The Bertz CT molecular complexity index is 914. The van der Waals surface area contributed by atoms with E-state index in [9.17, 15) is 14.4 Å². The van der Waals surface area contributed by atoms with Crippen LogP contribution in [0.2, 0.25) is 15.1 Å². The SMILES string of the molecule is O=C(CNC(=O)C1CCCN1C(=O)c1cc(Cl)cc(Cl)c1)Nc1ccc(Cl)cc1. The van der Waals surface area contributed by atoms with E-state index in [4.69, 9.17) is 34.8 Å². The maximum absolute atomic E-state index is 12.8. The quantitative estimate of drug-likeness (QED) is 0.716. The van der Waals surface area contributed by atoms with Crippen LogP contribution in [-0.4, -0.2) is 41.8 Å². The summed E-state index contributed by atoms with van der Waals surface area (Å²) in [5, 5.41) is 6.51. The van der Waals surface area contributed by atoms with Crippen molar-refractivity contribution in [3.8, 4) is 0 Å². The molecule has 9 heteroatoms. The van der Waals surface area contributed by atoms with Crippen molar-refractivity contribution >= 4 is 58.2 Å². The van der Waals surface area contributed by atoms with Gasteiger partial charge in [0.2, 0.25) is 11.8 Å². The van der Waals surface area contributed by atoms with Crippen molar-refractivity contribution in [2.75, 3.05) is 18.4 Å². The average Bonchev–Trinajstić information content (AvgIpc) is 3.16. The zero-order valence-corrected chi connectivity index (χ0v) is 17.5. The number of carbonyl (C=O) groups excluding carboxylic acids is 3. The zero-order chi connectivity index (χ0) is 21.0. The molecule has 1 atom stereocenters. The molecule has 1 fully saturated rings. The van der Waals surface area contributed by atoms with Gasteiger partial charge in [-0.1, -0.05) is 34.8 Å². The van der Waals surface area contributed by atoms with Crippen LogP contribution in [0.3, 0.4) is 0 Å². The van der Waals surface area contributed by atoms with Gasteiger partial charge in [0.15, 0.2) is 0 Å². The van der Waals surface area contributed by atoms with Crippen molar-refractivity contribution in [1.82, 2.24) is 10.2 Å². The minimum absolute atomic E-state index is 0.205. The summed E-state index contributed by atoms with van der Waals surface area (Å²) in [5.41, 5.74) is 0.895. The topological polar surface area (TPSA) is 78.5 Å². The predicted octanol–water partition coefficient (Wildman–Crippen LogP) is 4.01. The van der Waals surface area contributed by atoms with Gasteiger partial charge in [-0.15, -0.1) is 0 Å². The third-order valence-corrected chi connectivity index (χ3v) is 5.17. The highest BCUT2D eigenvalue weighted by molar-refractivity contribution is 6.35. The highest BCUT2D eigenvalue weighted by Gasteiger charge is 2.34. The molecule has 6 nitrogen and oxygen atoms in total. The molecule has 3 rings (SSSR count). The maximum Gasteiger partial charge on any atom is 0.254 e. The van der Waals surface area contributed by atoms with Crippen LogP contribution in [0.25, 0.3) is 0 Å². The van der Waals surface area contributed by atoms with Gasteiger partial charge in [0, 0.05) is 32.9 Å². The van der Waals surface area contributed by atoms with Gasteiger partial charge in [-0.25, -0.2) is 0 Å². The molecule has 152 valence electrons. The van der Waals surface area contributed by atoms with E-state index >= 15 is 0 Å². The molecule has 2 aromatic rings. The molecular weight excluding hydrogens is 437 g/mol. The number of anilines is 1. The molecule has 1 saturated heterocycles. The fraction of sp³-hybridized carbons (Fsp3) is 0.250. The number of amides is 3. The van der Waals surface area contributed by atoms with E-state index in [1.165, 1.54) is 23.1 Å². The van der Waals surface area contributed by atoms with Crippen molar-refractivity contribution in [1.29, 1.82) is 0 Å². The number of nitrogens with one attached hydrogen (secondary N) is 2. The van der Waals surface area contributed by atoms with E-state index in [1.54, 1.807) is 24.3 Å². The second-order valence-electron chi connectivity index (χ2n) is 6.59. The normalized spacial score (nSPS) is 15.8. The Morgan fingerprint density at radius 3 is 2.28 bits per heavy atom. The monoisotopic (exact) mass is 453 g/mol. The molecule has 0 radical (unpaired) electrons. The number of nitrogens with zero attached hydrogens (tertiary/aromatic N) is 1. The molecule has 2 aromatic carbocycles. The summed E-state index contributed by atoms with van der Waals surface area (Å²) >= 11 is 17.8. The van der Waals surface area contributed by atoms with Crippen molar-refractivity contribution in [2.24, 2.45) is 0 Å². The third-order valence-electron chi connectivity index (χ3n) is 4.48. The number of benzene rings is 2. The minimum Gasteiger partial charge on any atom is -0.345 e. The van der Waals surface area contributed by atoms with E-state index in [1.807, 2.05) is 0 Å². The second kappa shape index (κ2) is 9.48. The Balaban J connectivity index is 1.58. The first kappa shape index (κ1) is 21.4. The van der Waals surface area contributed by atoms with E-state index in [0.29, 0.717) is 45.7 Å². The summed E-state index contributed by atoms with van der Waals surface area (Å²) in [5.74, 6) is -1.08. The first-order valence-corrected chi connectivity index (χ1v) is 10.1. The largest absolute Gasteiger partial charge is 0.345 e. The van der Waals surface area contributed by atoms with E-state index in [-0.39, 0.29) is 24.3 Å². The van der Waals surface area contributed by atoms with Gasteiger partial charge in [-0.05, 0) is 55.3 Å². The molecule has 2 N–H and O–H groups in total. The molecule has 0 bridgehead atoms. The number of hydrogen-bond acceptors (Lipinski definition) is 3. The van der Waals surface area contributed by atoms with Gasteiger partial charge in [-0.2, -0.15) is 0 Å². The Morgan fingerprint density at radius 2 is 1.62 bits per heavy atom. The molecule has 0 spiro atoms. The lowest BCUT2D eigenvalue weighted by atomic mass is 10.1. The molecule has 3 amide bonds. The van der Waals surface area contributed by atoms with Crippen LogP contribution in [0, 0.1) is 0 Å². The first-order valence-electron chi connectivity index (χ1n) is 8.93. The summed E-state index contributed by atoms with van der Waals surface area (Å²) in [7, 11) is 0. The Morgan fingerprint density at radius 1 is 0.966 bits per heavy atom. The Hall–Kier alpha value is -2.28. The van der Waals surface area contributed by atoms with Crippen molar-refractivity contribution in [3.05, 3.63) is 63.1 Å². The number of hydrogen-bond donors (Lipinski definition) is 2. The zero-order valence-electron chi connectivity index (χ0n) is 15.3. The number of rotatable bonds is 5. The van der Waals surface area contributed by atoms with Gasteiger partial charge in [-0.3, -0.25) is 14.4 Å². The highest BCUT2D eigenvalue weighted by Crippen LogP contribution is 2.24. The van der Waals surface area contributed by atoms with Gasteiger partial charge in [0.1, 0.15) is 6.04 Å². The smallest absolute Gasteiger partial charge is 0.254 e. The summed E-state index contributed by atoms with van der Waals surface area (Å²) < 4.78 is 0. The average molecular weight is 455 g/mol. The van der Waals surface area contributed by atoms with Crippen LogP contribution in [0.4, 0.5) is 5.69 Å². The molecule has 1 aliphatic heterocycles. The Kier molecular flexibility index (Phi) is 7.00. The molecule has 1 aliphatic rings. The van der Waals surface area contributed by atoms with Crippen LogP contribution < -0.4 is 10.6 Å². The van der Waals surface area contributed by atoms with Crippen LogP contribution in [0.5, 0.6) is 0 Å². The fourth-order valence-corrected chi connectivity index (χ4v) is 3.80. The predicted molar refractivity (Wildman–Crippen MR) is 114 cm³/mol. The molecule has 0 aromatic heterocycles. The Labute approximate surface area is 183 Å². The van der Waals surface area contributed by atoms with Crippen LogP contribution >= 0.6 is 34.8 Å². The molecular formula is C20H18Cl3N3O3. The number of halogens is 3. The molecule has 1 heterocycles. The van der Waals surface area contributed by atoms with Crippen molar-refractivity contribution in [2.45, 2.75) is 18.9 Å². The summed E-state index contributed by atoms with van der Waals surface area (Å²) in [4.78, 5) is 38.9. The van der Waals surface area contributed by atoms with E-state index in [2.05, 4.69) is 10.6 Å². The van der Waals surface area contributed by atoms with Crippen LogP contribution in [-0.2, 0) is 9.59 Å². The second-order valence-corrected chi connectivity index (χ2v) is 7.90. The van der Waals surface area contributed by atoms with Crippen LogP contribution in [0.1, 0.15) is 23.2 Å². The maximum atomic E-state index is 12.8. The highest BCUT2D eigenvalue weighted by atomic mass is 35.5. The number of carbonyl (C=O) groups is 3. The number of likely N-dealkylation sites (tertiary alicyclic amines) is 1. The minimum atomic E-state index is -0.649. The summed E-state index contributed by atoms with van der Waals surface area (Å²) in [6, 6.07) is 10.5. The van der Waals surface area contributed by atoms with Gasteiger partial charge in [0.25, 0.3) is 5.91 Å². The van der Waals surface area contributed by atoms with Gasteiger partial charge >= 0.3 is 0 Å².